The highest BCUT2D eigenvalue weighted by Gasteiger charge is 2.49. The summed E-state index contributed by atoms with van der Waals surface area (Å²) in [7, 11) is -5.83. The molecular formula is C11H11F3O5S. The Morgan fingerprint density at radius 3 is 2.30 bits per heavy atom. The molecule has 112 valence electrons. The summed E-state index contributed by atoms with van der Waals surface area (Å²) in [5.41, 5.74) is -4.98. The maximum absolute atomic E-state index is 12.0. The predicted octanol–water partition coefficient (Wildman–Crippen LogP) is 1.98. The molecule has 5 nitrogen and oxygen atoms in total. The van der Waals surface area contributed by atoms with Crippen LogP contribution in [0, 0.1) is 0 Å². The Bertz CT molecular complexity index is 553. The van der Waals surface area contributed by atoms with Crippen LogP contribution in [0.3, 0.4) is 0 Å². The largest absolute Gasteiger partial charge is 0.523 e. The van der Waals surface area contributed by atoms with Crippen molar-refractivity contribution in [2.24, 2.45) is 0 Å². The number of hydrogen-bond acceptors (Lipinski definition) is 5. The SMILES string of the molecule is CC(OS(=O)(=O)C(F)(F)F)C(=O)OCc1ccccc1. The molecule has 0 fully saturated rings. The second-order valence-corrected chi connectivity index (χ2v) is 5.30. The van der Waals surface area contributed by atoms with Gasteiger partial charge in [0.25, 0.3) is 0 Å². The zero-order valence-corrected chi connectivity index (χ0v) is 11.1. The van der Waals surface area contributed by atoms with Gasteiger partial charge in [-0.15, -0.1) is 0 Å². The number of hydrogen-bond donors (Lipinski definition) is 0. The summed E-state index contributed by atoms with van der Waals surface area (Å²) < 4.78 is 65.9. The van der Waals surface area contributed by atoms with Gasteiger partial charge in [-0.2, -0.15) is 21.6 Å². The second kappa shape index (κ2) is 6.23. The Morgan fingerprint density at radius 1 is 1.25 bits per heavy atom. The summed E-state index contributed by atoms with van der Waals surface area (Å²) >= 11 is 0. The van der Waals surface area contributed by atoms with E-state index in [0.29, 0.717) is 5.56 Å². The van der Waals surface area contributed by atoms with Crippen LogP contribution in [0.4, 0.5) is 13.2 Å². The zero-order valence-electron chi connectivity index (χ0n) is 10.3. The third-order valence-electron chi connectivity index (χ3n) is 2.11. The molecule has 0 bridgehead atoms. The van der Waals surface area contributed by atoms with Gasteiger partial charge in [0.2, 0.25) is 0 Å². The number of halogens is 3. The quantitative estimate of drug-likeness (QED) is 0.472. The van der Waals surface area contributed by atoms with Crippen LogP contribution in [-0.4, -0.2) is 26.0 Å². The number of carbonyl (C=O) groups is 1. The molecule has 0 heterocycles. The molecule has 0 amide bonds. The molecule has 1 rings (SSSR count). The van der Waals surface area contributed by atoms with Crippen molar-refractivity contribution in [2.75, 3.05) is 0 Å². The monoisotopic (exact) mass is 312 g/mol. The Balaban J connectivity index is 2.56. The minimum absolute atomic E-state index is 0.195. The summed E-state index contributed by atoms with van der Waals surface area (Å²) in [6.07, 6.45) is -1.88. The van der Waals surface area contributed by atoms with E-state index < -0.39 is 27.7 Å². The summed E-state index contributed by atoms with van der Waals surface area (Å²) in [6.45, 7) is 0.663. The molecule has 0 spiro atoms. The van der Waals surface area contributed by atoms with E-state index in [1.165, 1.54) is 0 Å². The van der Waals surface area contributed by atoms with E-state index in [1.807, 2.05) is 0 Å². The van der Waals surface area contributed by atoms with Gasteiger partial charge in [-0.25, -0.2) is 8.98 Å². The van der Waals surface area contributed by atoms with Crippen LogP contribution in [-0.2, 0) is 30.4 Å². The van der Waals surface area contributed by atoms with Crippen molar-refractivity contribution < 1.29 is 35.3 Å². The van der Waals surface area contributed by atoms with E-state index in [0.717, 1.165) is 6.92 Å². The number of carbonyl (C=O) groups excluding carboxylic acids is 1. The molecule has 0 radical (unpaired) electrons. The highest BCUT2D eigenvalue weighted by Crippen LogP contribution is 2.25. The van der Waals surface area contributed by atoms with Crippen LogP contribution in [0.2, 0.25) is 0 Å². The molecule has 1 aromatic carbocycles. The smallest absolute Gasteiger partial charge is 0.459 e. The average molecular weight is 312 g/mol. The third kappa shape index (κ3) is 4.49. The first-order valence-electron chi connectivity index (χ1n) is 5.33. The lowest BCUT2D eigenvalue weighted by Crippen LogP contribution is -2.33. The van der Waals surface area contributed by atoms with Gasteiger partial charge in [0.15, 0.2) is 6.10 Å². The number of rotatable bonds is 5. The van der Waals surface area contributed by atoms with Crippen LogP contribution in [0.5, 0.6) is 0 Å². The molecule has 0 aromatic heterocycles. The minimum Gasteiger partial charge on any atom is -0.459 e. The normalized spacial score (nSPS) is 13.8. The summed E-state index contributed by atoms with van der Waals surface area (Å²) in [4.78, 5) is 11.3. The first kappa shape index (κ1) is 16.4. The first-order valence-corrected chi connectivity index (χ1v) is 6.74. The van der Waals surface area contributed by atoms with Gasteiger partial charge in [-0.3, -0.25) is 0 Å². The van der Waals surface area contributed by atoms with Crippen LogP contribution in [0.15, 0.2) is 30.3 Å². The van der Waals surface area contributed by atoms with Gasteiger partial charge in [0.05, 0.1) is 0 Å². The van der Waals surface area contributed by atoms with E-state index in [9.17, 15) is 26.4 Å². The molecule has 9 heteroatoms. The van der Waals surface area contributed by atoms with Crippen molar-refractivity contribution >= 4 is 16.1 Å². The van der Waals surface area contributed by atoms with Crippen molar-refractivity contribution in [3.8, 4) is 0 Å². The highest BCUT2D eigenvalue weighted by molar-refractivity contribution is 7.87. The zero-order chi connectivity index (χ0) is 15.4. The molecule has 0 saturated heterocycles. The molecule has 0 aliphatic rings. The number of alkyl halides is 3. The topological polar surface area (TPSA) is 69.7 Å². The van der Waals surface area contributed by atoms with Crippen molar-refractivity contribution in [3.63, 3.8) is 0 Å². The van der Waals surface area contributed by atoms with Crippen molar-refractivity contribution in [2.45, 2.75) is 25.1 Å². The summed E-state index contributed by atoms with van der Waals surface area (Å²) in [5, 5.41) is 0. The predicted molar refractivity (Wildman–Crippen MR) is 61.8 cm³/mol. The van der Waals surface area contributed by atoms with Gasteiger partial charge in [-0.1, -0.05) is 30.3 Å². The van der Waals surface area contributed by atoms with Gasteiger partial charge >= 0.3 is 21.6 Å². The molecule has 0 saturated carbocycles. The van der Waals surface area contributed by atoms with Gasteiger partial charge in [-0.05, 0) is 12.5 Å². The third-order valence-corrected chi connectivity index (χ3v) is 3.22. The minimum atomic E-state index is -5.83. The van der Waals surface area contributed by atoms with E-state index >= 15 is 0 Å². The molecule has 0 N–H and O–H groups in total. The maximum atomic E-state index is 12.0. The van der Waals surface area contributed by atoms with Crippen molar-refractivity contribution in [3.05, 3.63) is 35.9 Å². The Hall–Kier alpha value is -1.61. The highest BCUT2D eigenvalue weighted by atomic mass is 32.2. The van der Waals surface area contributed by atoms with Crippen molar-refractivity contribution in [1.29, 1.82) is 0 Å². The lowest BCUT2D eigenvalue weighted by atomic mass is 10.2. The van der Waals surface area contributed by atoms with Gasteiger partial charge in [0.1, 0.15) is 6.61 Å². The van der Waals surface area contributed by atoms with E-state index in [-0.39, 0.29) is 6.61 Å². The molecule has 1 atom stereocenters. The van der Waals surface area contributed by atoms with Crippen LogP contribution < -0.4 is 0 Å². The molecule has 0 aliphatic heterocycles. The van der Waals surface area contributed by atoms with Gasteiger partial charge in [0, 0.05) is 0 Å². The Labute approximate surface area is 113 Å². The Kier molecular flexibility index (Phi) is 5.12. The average Bonchev–Trinajstić information content (AvgIpc) is 2.35. The van der Waals surface area contributed by atoms with E-state index in [2.05, 4.69) is 8.92 Å². The van der Waals surface area contributed by atoms with Crippen LogP contribution >= 0.6 is 0 Å². The summed E-state index contributed by atoms with van der Waals surface area (Å²) in [6, 6.07) is 8.35. The maximum Gasteiger partial charge on any atom is 0.523 e. The van der Waals surface area contributed by atoms with Crippen LogP contribution in [0.25, 0.3) is 0 Å². The van der Waals surface area contributed by atoms with E-state index in [4.69, 9.17) is 0 Å². The molecule has 0 aliphatic carbocycles. The van der Waals surface area contributed by atoms with Crippen molar-refractivity contribution in [1.82, 2.24) is 0 Å². The second-order valence-electron chi connectivity index (χ2n) is 3.73. The molecule has 1 aromatic rings. The number of esters is 1. The van der Waals surface area contributed by atoms with Gasteiger partial charge < -0.3 is 4.74 Å². The fourth-order valence-electron chi connectivity index (χ4n) is 1.13. The number of ether oxygens (including phenoxy) is 1. The van der Waals surface area contributed by atoms with Crippen LogP contribution in [0.1, 0.15) is 12.5 Å². The molecular weight excluding hydrogens is 301 g/mol. The summed E-state index contributed by atoms with van der Waals surface area (Å²) in [5.74, 6) is -1.21. The lowest BCUT2D eigenvalue weighted by molar-refractivity contribution is -0.153. The molecule has 20 heavy (non-hydrogen) atoms. The molecule has 1 unspecified atom stereocenters. The first-order chi connectivity index (χ1) is 9.13. The lowest BCUT2D eigenvalue weighted by Gasteiger charge is -2.13. The fourth-order valence-corrected chi connectivity index (χ4v) is 1.70. The number of benzene rings is 1. The Morgan fingerprint density at radius 2 is 1.80 bits per heavy atom. The standard InChI is InChI=1S/C11H11F3O5S/c1-8(19-20(16,17)11(12,13)14)10(15)18-7-9-5-3-2-4-6-9/h2-6,8H,7H2,1H3. The van der Waals surface area contributed by atoms with E-state index in [1.54, 1.807) is 30.3 Å². The fraction of sp³-hybridized carbons (Fsp3) is 0.364.